The van der Waals surface area contributed by atoms with Crippen LogP contribution in [-0.2, 0) is 0 Å². The zero-order valence-corrected chi connectivity index (χ0v) is 14.3. The van der Waals surface area contributed by atoms with Crippen molar-refractivity contribution >= 4 is 0 Å². The molecule has 1 aliphatic rings. The number of aryl methyl sites for hydroxylation is 1. The van der Waals surface area contributed by atoms with E-state index in [0.717, 1.165) is 0 Å². The maximum atomic E-state index is 3.69. The van der Waals surface area contributed by atoms with E-state index in [9.17, 15) is 0 Å². The normalized spacial score (nSPS) is 23.3. The average Bonchev–Trinajstić information content (AvgIpc) is 2.69. The van der Waals surface area contributed by atoms with Crippen molar-refractivity contribution in [1.29, 1.82) is 0 Å². The highest BCUT2D eigenvalue weighted by Gasteiger charge is 2.29. The third-order valence-corrected chi connectivity index (χ3v) is 4.64. The zero-order chi connectivity index (χ0) is 17.1. The topological polar surface area (TPSA) is 36.1 Å². The molecule has 2 unspecified atom stereocenters. The van der Waals surface area contributed by atoms with Crippen LogP contribution in [0.4, 0.5) is 0 Å². The van der Waals surface area contributed by atoms with Crippen LogP contribution in [0.3, 0.4) is 0 Å². The lowest BCUT2D eigenvalue weighted by Crippen LogP contribution is -2.54. The fourth-order valence-electron chi connectivity index (χ4n) is 3.36. The summed E-state index contributed by atoms with van der Waals surface area (Å²) in [5.74, 6) is 0. The first-order valence-electron chi connectivity index (χ1n) is 8.74. The Labute approximate surface area is 149 Å². The van der Waals surface area contributed by atoms with Gasteiger partial charge in [0.1, 0.15) is 0 Å². The fraction of sp³-hybridized carbons (Fsp3) is 0.182. The lowest BCUT2D eigenvalue weighted by molar-refractivity contribution is 0.203. The van der Waals surface area contributed by atoms with Crippen LogP contribution in [0.1, 0.15) is 40.8 Å². The number of hydrogen-bond acceptors (Lipinski definition) is 3. The van der Waals surface area contributed by atoms with Gasteiger partial charge < -0.3 is 0 Å². The standard InChI is InChI=1S/C22H23N3/c1-16-9-8-14-19(15-16)22-24-20(17-10-4-2-5-11-17)23-21(25-22)18-12-6-3-7-13-18/h2-15,20-25H,1H3. The molecule has 3 heteroatoms. The molecule has 3 aromatic rings. The lowest BCUT2D eigenvalue weighted by Gasteiger charge is -2.39. The van der Waals surface area contributed by atoms with E-state index < -0.39 is 0 Å². The maximum Gasteiger partial charge on any atom is 0.0864 e. The summed E-state index contributed by atoms with van der Waals surface area (Å²) in [6.07, 6.45) is 0.243. The van der Waals surface area contributed by atoms with E-state index in [-0.39, 0.29) is 18.5 Å². The van der Waals surface area contributed by atoms with E-state index in [4.69, 9.17) is 0 Å². The van der Waals surface area contributed by atoms with Crippen molar-refractivity contribution in [3.8, 4) is 0 Å². The van der Waals surface area contributed by atoms with Crippen molar-refractivity contribution in [3.63, 3.8) is 0 Å². The van der Waals surface area contributed by atoms with Gasteiger partial charge in [0.25, 0.3) is 0 Å². The van der Waals surface area contributed by atoms with Gasteiger partial charge in [0.05, 0.1) is 18.5 Å². The van der Waals surface area contributed by atoms with E-state index in [1.807, 2.05) is 0 Å². The second kappa shape index (κ2) is 7.19. The third-order valence-electron chi connectivity index (χ3n) is 4.64. The molecular weight excluding hydrogens is 306 g/mol. The van der Waals surface area contributed by atoms with E-state index in [1.165, 1.54) is 22.3 Å². The van der Waals surface area contributed by atoms with Crippen LogP contribution in [0.15, 0.2) is 84.9 Å². The Morgan fingerprint density at radius 1 is 0.520 bits per heavy atom. The van der Waals surface area contributed by atoms with Crippen molar-refractivity contribution < 1.29 is 0 Å². The quantitative estimate of drug-likeness (QED) is 0.675. The summed E-state index contributed by atoms with van der Waals surface area (Å²) in [4.78, 5) is 0. The first-order chi connectivity index (χ1) is 12.3. The molecule has 4 rings (SSSR count). The van der Waals surface area contributed by atoms with Crippen molar-refractivity contribution in [2.24, 2.45) is 0 Å². The molecule has 0 aliphatic carbocycles. The predicted octanol–water partition coefficient (Wildman–Crippen LogP) is 4.17. The van der Waals surface area contributed by atoms with Crippen LogP contribution in [0, 0.1) is 6.92 Å². The molecule has 126 valence electrons. The van der Waals surface area contributed by atoms with Crippen LogP contribution in [-0.4, -0.2) is 0 Å². The maximum absolute atomic E-state index is 3.69. The minimum Gasteiger partial charge on any atom is -0.279 e. The molecule has 3 aromatic carbocycles. The molecule has 0 aromatic heterocycles. The molecular formula is C22H23N3. The molecule has 0 spiro atoms. The van der Waals surface area contributed by atoms with Crippen LogP contribution >= 0.6 is 0 Å². The molecule has 0 saturated carbocycles. The van der Waals surface area contributed by atoms with Gasteiger partial charge in [0.15, 0.2) is 0 Å². The molecule has 0 amide bonds. The summed E-state index contributed by atoms with van der Waals surface area (Å²) in [5.41, 5.74) is 5.00. The number of hydrogen-bond donors (Lipinski definition) is 3. The van der Waals surface area contributed by atoms with Gasteiger partial charge >= 0.3 is 0 Å². The number of nitrogens with one attached hydrogen (secondary N) is 3. The van der Waals surface area contributed by atoms with Gasteiger partial charge in [0.2, 0.25) is 0 Å². The summed E-state index contributed by atoms with van der Waals surface area (Å²) in [7, 11) is 0. The van der Waals surface area contributed by atoms with Crippen molar-refractivity contribution in [2.45, 2.75) is 25.4 Å². The van der Waals surface area contributed by atoms with E-state index in [2.05, 4.69) is 108 Å². The van der Waals surface area contributed by atoms with E-state index >= 15 is 0 Å². The predicted molar refractivity (Wildman–Crippen MR) is 102 cm³/mol. The molecule has 1 saturated heterocycles. The van der Waals surface area contributed by atoms with Gasteiger partial charge in [-0.15, -0.1) is 0 Å². The van der Waals surface area contributed by atoms with Crippen LogP contribution < -0.4 is 16.0 Å². The Hall–Kier alpha value is -2.46. The molecule has 0 bridgehead atoms. The summed E-state index contributed by atoms with van der Waals surface area (Å²) in [6, 6.07) is 29.7. The lowest BCUT2D eigenvalue weighted by atomic mass is 10.0. The SMILES string of the molecule is Cc1cccc(C2NC(c3ccccc3)NC(c3ccccc3)N2)c1. The van der Waals surface area contributed by atoms with E-state index in [0.29, 0.717) is 0 Å². The van der Waals surface area contributed by atoms with E-state index in [1.54, 1.807) is 0 Å². The highest BCUT2D eigenvalue weighted by molar-refractivity contribution is 5.29. The van der Waals surface area contributed by atoms with Gasteiger partial charge in [0, 0.05) is 0 Å². The Kier molecular flexibility index (Phi) is 4.61. The molecule has 3 nitrogen and oxygen atoms in total. The molecule has 1 heterocycles. The van der Waals surface area contributed by atoms with Crippen LogP contribution in [0.5, 0.6) is 0 Å². The number of benzene rings is 3. The highest BCUT2D eigenvalue weighted by Crippen LogP contribution is 2.27. The summed E-state index contributed by atoms with van der Waals surface area (Å²) in [6.45, 7) is 2.13. The largest absolute Gasteiger partial charge is 0.279 e. The third kappa shape index (κ3) is 3.64. The van der Waals surface area contributed by atoms with Gasteiger partial charge in [-0.05, 0) is 23.6 Å². The van der Waals surface area contributed by atoms with Gasteiger partial charge in [-0.25, -0.2) is 0 Å². The Morgan fingerprint density at radius 2 is 0.960 bits per heavy atom. The summed E-state index contributed by atoms with van der Waals surface area (Å²) >= 11 is 0. The fourth-order valence-corrected chi connectivity index (χ4v) is 3.36. The van der Waals surface area contributed by atoms with Gasteiger partial charge in [-0.1, -0.05) is 90.5 Å². The van der Waals surface area contributed by atoms with Gasteiger partial charge in [-0.3, -0.25) is 16.0 Å². The Bertz CT molecular complexity index is 769. The second-order valence-electron chi connectivity index (χ2n) is 6.53. The molecule has 3 N–H and O–H groups in total. The average molecular weight is 329 g/mol. The smallest absolute Gasteiger partial charge is 0.0864 e. The van der Waals surface area contributed by atoms with Gasteiger partial charge in [-0.2, -0.15) is 0 Å². The molecule has 0 radical (unpaired) electrons. The molecule has 25 heavy (non-hydrogen) atoms. The molecule has 2 atom stereocenters. The monoisotopic (exact) mass is 329 g/mol. The minimum atomic E-state index is 0.0802. The zero-order valence-electron chi connectivity index (χ0n) is 14.3. The minimum absolute atomic E-state index is 0.0802. The number of rotatable bonds is 3. The first-order valence-corrected chi connectivity index (χ1v) is 8.74. The van der Waals surface area contributed by atoms with Crippen molar-refractivity contribution in [3.05, 3.63) is 107 Å². The summed E-state index contributed by atoms with van der Waals surface area (Å²) in [5, 5.41) is 11.1. The van der Waals surface area contributed by atoms with Crippen LogP contribution in [0.25, 0.3) is 0 Å². The Balaban J connectivity index is 1.67. The Morgan fingerprint density at radius 3 is 1.44 bits per heavy atom. The highest BCUT2D eigenvalue weighted by atomic mass is 15.4. The van der Waals surface area contributed by atoms with Crippen molar-refractivity contribution in [1.82, 2.24) is 16.0 Å². The molecule has 1 fully saturated rings. The second-order valence-corrected chi connectivity index (χ2v) is 6.53. The van der Waals surface area contributed by atoms with Crippen molar-refractivity contribution in [2.75, 3.05) is 0 Å². The first kappa shape index (κ1) is 16.0. The molecule has 1 aliphatic heterocycles. The van der Waals surface area contributed by atoms with Crippen LogP contribution in [0.2, 0.25) is 0 Å². The summed E-state index contributed by atoms with van der Waals surface area (Å²) < 4.78 is 0.